The number of aromatic nitrogens is 1. The van der Waals surface area contributed by atoms with Gasteiger partial charge >= 0.3 is 0 Å². The van der Waals surface area contributed by atoms with Crippen LogP contribution in [0, 0.1) is 0 Å². The molecule has 0 bridgehead atoms. The summed E-state index contributed by atoms with van der Waals surface area (Å²) in [5.41, 5.74) is 3.17. The summed E-state index contributed by atoms with van der Waals surface area (Å²) in [6.07, 6.45) is 1.69. The van der Waals surface area contributed by atoms with E-state index in [9.17, 15) is 4.79 Å². The van der Waals surface area contributed by atoms with Crippen molar-refractivity contribution in [2.24, 2.45) is 0 Å². The molecule has 4 nitrogen and oxygen atoms in total. The third-order valence-corrected chi connectivity index (χ3v) is 4.08. The fourth-order valence-corrected chi connectivity index (χ4v) is 2.81. The van der Waals surface area contributed by atoms with Gasteiger partial charge in [0.25, 0.3) is 5.91 Å². The molecule has 0 aliphatic carbocycles. The van der Waals surface area contributed by atoms with Crippen molar-refractivity contribution in [3.63, 3.8) is 0 Å². The average Bonchev–Trinajstić information content (AvgIpc) is 3.16. The zero-order valence-corrected chi connectivity index (χ0v) is 15.1. The summed E-state index contributed by atoms with van der Waals surface area (Å²) in [6.45, 7) is 8.94. The van der Waals surface area contributed by atoms with E-state index < -0.39 is 0 Å². The predicted octanol–water partition coefficient (Wildman–Crippen LogP) is 5.05. The standard InChI is InChI=1S/C22H22N2O2/c1-4-24(15-16(2)3)22(25)19-13-9-8-12-18(19)21-23-14-20(26-21)17-10-6-5-7-11-17/h5-14H,2,4,15H2,1,3H3. The van der Waals surface area contributed by atoms with Crippen LogP contribution in [0.4, 0.5) is 0 Å². The van der Waals surface area contributed by atoms with Crippen molar-refractivity contribution in [1.29, 1.82) is 0 Å². The first-order valence-corrected chi connectivity index (χ1v) is 8.64. The van der Waals surface area contributed by atoms with Crippen LogP contribution in [-0.2, 0) is 0 Å². The summed E-state index contributed by atoms with van der Waals surface area (Å²) in [6, 6.07) is 17.2. The lowest BCUT2D eigenvalue weighted by Gasteiger charge is -2.22. The first-order valence-electron chi connectivity index (χ1n) is 8.64. The Morgan fingerprint density at radius 3 is 2.50 bits per heavy atom. The quantitative estimate of drug-likeness (QED) is 0.587. The molecule has 1 amide bonds. The summed E-state index contributed by atoms with van der Waals surface area (Å²) in [5.74, 6) is 1.07. The minimum Gasteiger partial charge on any atom is -0.436 e. The zero-order chi connectivity index (χ0) is 18.5. The van der Waals surface area contributed by atoms with Gasteiger partial charge in [0.1, 0.15) is 0 Å². The number of carbonyl (C=O) groups is 1. The van der Waals surface area contributed by atoms with Gasteiger partial charge in [0.2, 0.25) is 5.89 Å². The molecule has 26 heavy (non-hydrogen) atoms. The Labute approximate surface area is 153 Å². The van der Waals surface area contributed by atoms with Gasteiger partial charge in [-0.1, -0.05) is 54.6 Å². The zero-order valence-electron chi connectivity index (χ0n) is 15.1. The Morgan fingerprint density at radius 1 is 1.12 bits per heavy atom. The number of rotatable bonds is 6. The predicted molar refractivity (Wildman–Crippen MR) is 104 cm³/mol. The molecule has 0 N–H and O–H groups in total. The average molecular weight is 346 g/mol. The van der Waals surface area contributed by atoms with Crippen LogP contribution in [0.2, 0.25) is 0 Å². The first kappa shape index (κ1) is 17.7. The van der Waals surface area contributed by atoms with Crippen LogP contribution in [0.25, 0.3) is 22.8 Å². The number of amides is 1. The smallest absolute Gasteiger partial charge is 0.254 e. The van der Waals surface area contributed by atoms with Gasteiger partial charge in [-0.05, 0) is 26.0 Å². The summed E-state index contributed by atoms with van der Waals surface area (Å²) >= 11 is 0. The van der Waals surface area contributed by atoms with Gasteiger partial charge in [0.05, 0.1) is 11.8 Å². The normalized spacial score (nSPS) is 10.5. The van der Waals surface area contributed by atoms with E-state index in [1.165, 1.54) is 0 Å². The van der Waals surface area contributed by atoms with E-state index in [1.807, 2.05) is 68.4 Å². The second kappa shape index (κ2) is 7.83. The number of hydrogen-bond acceptors (Lipinski definition) is 3. The van der Waals surface area contributed by atoms with Crippen molar-refractivity contribution in [2.45, 2.75) is 13.8 Å². The molecular weight excluding hydrogens is 324 g/mol. The number of oxazole rings is 1. The molecule has 0 aliphatic rings. The van der Waals surface area contributed by atoms with Crippen molar-refractivity contribution in [1.82, 2.24) is 9.88 Å². The Balaban J connectivity index is 1.96. The van der Waals surface area contributed by atoms with Crippen LogP contribution in [0.3, 0.4) is 0 Å². The third-order valence-electron chi connectivity index (χ3n) is 4.08. The maximum atomic E-state index is 13.0. The maximum Gasteiger partial charge on any atom is 0.254 e. The number of carbonyl (C=O) groups excluding carboxylic acids is 1. The summed E-state index contributed by atoms with van der Waals surface area (Å²) in [5, 5.41) is 0. The highest BCUT2D eigenvalue weighted by Crippen LogP contribution is 2.28. The second-order valence-electron chi connectivity index (χ2n) is 6.22. The van der Waals surface area contributed by atoms with E-state index in [0.717, 1.165) is 11.1 Å². The van der Waals surface area contributed by atoms with Crippen molar-refractivity contribution < 1.29 is 9.21 Å². The fraction of sp³-hybridized carbons (Fsp3) is 0.182. The Bertz CT molecular complexity index is 913. The molecule has 132 valence electrons. The van der Waals surface area contributed by atoms with Gasteiger partial charge in [-0.15, -0.1) is 0 Å². The topological polar surface area (TPSA) is 46.3 Å². The second-order valence-corrected chi connectivity index (χ2v) is 6.22. The van der Waals surface area contributed by atoms with Gasteiger partial charge in [-0.25, -0.2) is 4.98 Å². The van der Waals surface area contributed by atoms with Crippen molar-refractivity contribution >= 4 is 5.91 Å². The van der Waals surface area contributed by atoms with Crippen LogP contribution >= 0.6 is 0 Å². The Kier molecular flexibility index (Phi) is 5.32. The van der Waals surface area contributed by atoms with E-state index in [2.05, 4.69) is 11.6 Å². The SMILES string of the molecule is C=C(C)CN(CC)C(=O)c1ccccc1-c1ncc(-c2ccccc2)o1. The summed E-state index contributed by atoms with van der Waals surface area (Å²) in [7, 11) is 0. The summed E-state index contributed by atoms with van der Waals surface area (Å²) < 4.78 is 5.94. The molecule has 0 radical (unpaired) electrons. The van der Waals surface area contributed by atoms with Gasteiger partial charge in [0.15, 0.2) is 5.76 Å². The Hall–Kier alpha value is -3.14. The number of likely N-dealkylation sites (N-methyl/N-ethyl adjacent to an activating group) is 1. The maximum absolute atomic E-state index is 13.0. The first-order chi connectivity index (χ1) is 12.6. The number of hydrogen-bond donors (Lipinski definition) is 0. The molecule has 3 rings (SSSR count). The van der Waals surface area contributed by atoms with Gasteiger partial charge in [0, 0.05) is 24.2 Å². The van der Waals surface area contributed by atoms with E-state index in [0.29, 0.717) is 35.9 Å². The largest absolute Gasteiger partial charge is 0.436 e. The third kappa shape index (κ3) is 3.75. The molecule has 2 aromatic carbocycles. The fourth-order valence-electron chi connectivity index (χ4n) is 2.81. The molecule has 0 unspecified atom stereocenters. The number of nitrogens with zero attached hydrogens (tertiary/aromatic N) is 2. The van der Waals surface area contributed by atoms with Crippen LogP contribution < -0.4 is 0 Å². The molecule has 1 heterocycles. The van der Waals surface area contributed by atoms with Crippen molar-refractivity contribution in [3.8, 4) is 22.8 Å². The Morgan fingerprint density at radius 2 is 1.81 bits per heavy atom. The van der Waals surface area contributed by atoms with E-state index in [4.69, 9.17) is 4.42 Å². The number of benzene rings is 2. The van der Waals surface area contributed by atoms with Crippen LogP contribution in [-0.4, -0.2) is 28.9 Å². The van der Waals surface area contributed by atoms with E-state index in [1.54, 1.807) is 11.1 Å². The minimum atomic E-state index is -0.0504. The van der Waals surface area contributed by atoms with E-state index >= 15 is 0 Å². The highest BCUT2D eigenvalue weighted by atomic mass is 16.4. The van der Waals surface area contributed by atoms with Crippen molar-refractivity contribution in [2.75, 3.05) is 13.1 Å². The lowest BCUT2D eigenvalue weighted by atomic mass is 10.1. The highest BCUT2D eigenvalue weighted by molar-refractivity contribution is 6.00. The molecule has 0 saturated heterocycles. The molecular formula is C22H22N2O2. The van der Waals surface area contributed by atoms with Crippen LogP contribution in [0.5, 0.6) is 0 Å². The highest BCUT2D eigenvalue weighted by Gasteiger charge is 2.20. The molecule has 0 atom stereocenters. The minimum absolute atomic E-state index is 0.0504. The van der Waals surface area contributed by atoms with Gasteiger partial charge in [-0.3, -0.25) is 4.79 Å². The van der Waals surface area contributed by atoms with Crippen molar-refractivity contribution in [3.05, 3.63) is 78.5 Å². The molecule has 0 fully saturated rings. The van der Waals surface area contributed by atoms with Gasteiger partial charge in [-0.2, -0.15) is 0 Å². The van der Waals surface area contributed by atoms with Crippen LogP contribution in [0.15, 0.2) is 77.4 Å². The summed E-state index contributed by atoms with van der Waals surface area (Å²) in [4.78, 5) is 19.2. The lowest BCUT2D eigenvalue weighted by Crippen LogP contribution is -2.32. The lowest BCUT2D eigenvalue weighted by molar-refractivity contribution is 0.0779. The van der Waals surface area contributed by atoms with E-state index in [-0.39, 0.29) is 5.91 Å². The van der Waals surface area contributed by atoms with Crippen LogP contribution in [0.1, 0.15) is 24.2 Å². The molecule has 4 heteroatoms. The molecule has 0 aliphatic heterocycles. The molecule has 3 aromatic rings. The molecule has 1 aromatic heterocycles. The molecule has 0 spiro atoms. The monoisotopic (exact) mass is 346 g/mol. The van der Waals surface area contributed by atoms with Gasteiger partial charge < -0.3 is 9.32 Å². The molecule has 0 saturated carbocycles.